The zero-order valence-corrected chi connectivity index (χ0v) is 11.7. The minimum atomic E-state index is 0.592. The van der Waals surface area contributed by atoms with Crippen molar-refractivity contribution in [3.05, 3.63) is 36.4 Å². The summed E-state index contributed by atoms with van der Waals surface area (Å²) in [5, 5.41) is 11.6. The molecule has 2 aromatic rings. The normalized spacial score (nSPS) is 10.9. The molecule has 0 fully saturated rings. The van der Waals surface area contributed by atoms with Gasteiger partial charge in [0, 0.05) is 0 Å². The van der Waals surface area contributed by atoms with E-state index in [0.29, 0.717) is 13.2 Å². The second kappa shape index (κ2) is 7.28. The monoisotopic (exact) mass is 274 g/mol. The molecule has 0 unspecified atom stereocenters. The Bertz CT molecular complexity index is 552. The van der Waals surface area contributed by atoms with Crippen LogP contribution in [-0.2, 0) is 0 Å². The van der Waals surface area contributed by atoms with Crippen LogP contribution in [0, 0.1) is 0 Å². The molecule has 0 N–H and O–H groups in total. The van der Waals surface area contributed by atoms with E-state index >= 15 is 0 Å². The molecule has 2 rings (SSSR count). The largest absolute Gasteiger partial charge is 0.490 e. The molecule has 0 saturated heterocycles. The Kier molecular flexibility index (Phi) is 5.11. The van der Waals surface area contributed by atoms with Crippen LogP contribution in [-0.4, -0.2) is 34.3 Å². The number of aromatic nitrogens is 3. The molecule has 0 atom stereocenters. The van der Waals surface area contributed by atoms with E-state index in [9.17, 15) is 0 Å². The molecule has 6 nitrogen and oxygen atoms in total. The van der Waals surface area contributed by atoms with Crippen LogP contribution >= 0.6 is 0 Å². The zero-order valence-electron chi connectivity index (χ0n) is 11.7. The molecule has 0 aliphatic carbocycles. The summed E-state index contributed by atoms with van der Waals surface area (Å²) < 4.78 is 12.8. The highest BCUT2D eigenvalue weighted by molar-refractivity contribution is 5.80. The summed E-state index contributed by atoms with van der Waals surface area (Å²) in [6.45, 7) is 5.28. The minimum Gasteiger partial charge on any atom is -0.490 e. The molecular weight excluding hydrogens is 256 g/mol. The van der Waals surface area contributed by atoms with Gasteiger partial charge in [-0.15, -0.1) is 10.2 Å². The van der Waals surface area contributed by atoms with E-state index in [1.165, 1.54) is 17.3 Å². The molecule has 1 aromatic carbocycles. The van der Waals surface area contributed by atoms with Gasteiger partial charge in [-0.2, -0.15) is 5.10 Å². The summed E-state index contributed by atoms with van der Waals surface area (Å²) in [5.41, 5.74) is 0.922. The van der Waals surface area contributed by atoms with Crippen LogP contribution in [0.5, 0.6) is 11.5 Å². The average molecular weight is 274 g/mol. The van der Waals surface area contributed by atoms with Gasteiger partial charge in [-0.25, -0.2) is 4.68 Å². The topological polar surface area (TPSA) is 61.5 Å². The third-order valence-electron chi connectivity index (χ3n) is 2.48. The zero-order chi connectivity index (χ0) is 14.2. The SMILES string of the molecule is CCCOc1ccc(/C=N\n2cnnc2)cc1OCC. The Morgan fingerprint density at radius 2 is 1.95 bits per heavy atom. The van der Waals surface area contributed by atoms with Crippen molar-refractivity contribution in [2.75, 3.05) is 13.2 Å². The average Bonchev–Trinajstić information content (AvgIpc) is 2.98. The molecule has 1 heterocycles. The summed E-state index contributed by atoms with van der Waals surface area (Å²) in [7, 11) is 0. The van der Waals surface area contributed by atoms with Crippen LogP contribution in [0.1, 0.15) is 25.8 Å². The van der Waals surface area contributed by atoms with Crippen molar-refractivity contribution in [2.45, 2.75) is 20.3 Å². The molecule has 0 spiro atoms. The van der Waals surface area contributed by atoms with Crippen LogP contribution in [0.4, 0.5) is 0 Å². The van der Waals surface area contributed by atoms with E-state index in [1.807, 2.05) is 25.1 Å². The number of hydrogen-bond donors (Lipinski definition) is 0. The summed E-state index contributed by atoms with van der Waals surface area (Å²) >= 11 is 0. The van der Waals surface area contributed by atoms with Crippen LogP contribution < -0.4 is 9.47 Å². The van der Waals surface area contributed by atoms with E-state index in [2.05, 4.69) is 22.2 Å². The quantitative estimate of drug-likeness (QED) is 0.727. The van der Waals surface area contributed by atoms with Crippen LogP contribution in [0.2, 0.25) is 0 Å². The number of hydrogen-bond acceptors (Lipinski definition) is 5. The van der Waals surface area contributed by atoms with E-state index in [1.54, 1.807) is 6.21 Å². The smallest absolute Gasteiger partial charge is 0.161 e. The van der Waals surface area contributed by atoms with Gasteiger partial charge >= 0.3 is 0 Å². The Balaban J connectivity index is 2.16. The van der Waals surface area contributed by atoms with Crippen molar-refractivity contribution in [3.63, 3.8) is 0 Å². The fourth-order valence-electron chi connectivity index (χ4n) is 1.59. The number of rotatable bonds is 7. The van der Waals surface area contributed by atoms with Crippen molar-refractivity contribution in [1.29, 1.82) is 0 Å². The highest BCUT2D eigenvalue weighted by atomic mass is 16.5. The predicted octanol–water partition coefficient (Wildman–Crippen LogP) is 2.35. The third kappa shape index (κ3) is 3.81. The van der Waals surface area contributed by atoms with Crippen molar-refractivity contribution >= 4 is 6.21 Å². The Labute approximate surface area is 118 Å². The maximum atomic E-state index is 5.65. The highest BCUT2D eigenvalue weighted by Gasteiger charge is 2.05. The Morgan fingerprint density at radius 1 is 1.15 bits per heavy atom. The molecule has 0 radical (unpaired) electrons. The molecule has 0 amide bonds. The third-order valence-corrected chi connectivity index (χ3v) is 2.48. The number of benzene rings is 1. The van der Waals surface area contributed by atoms with Gasteiger partial charge in [0.15, 0.2) is 11.5 Å². The van der Waals surface area contributed by atoms with Gasteiger partial charge < -0.3 is 9.47 Å². The summed E-state index contributed by atoms with van der Waals surface area (Å²) in [6, 6.07) is 5.73. The second-order valence-corrected chi connectivity index (χ2v) is 4.07. The molecule has 0 saturated carbocycles. The van der Waals surface area contributed by atoms with E-state index < -0.39 is 0 Å². The summed E-state index contributed by atoms with van der Waals surface area (Å²) in [4.78, 5) is 0. The minimum absolute atomic E-state index is 0.592. The van der Waals surface area contributed by atoms with Gasteiger partial charge in [0.2, 0.25) is 0 Å². The van der Waals surface area contributed by atoms with Gasteiger partial charge in [0.25, 0.3) is 0 Å². The van der Waals surface area contributed by atoms with Gasteiger partial charge in [0.05, 0.1) is 19.4 Å². The predicted molar refractivity (Wildman–Crippen MR) is 76.4 cm³/mol. The van der Waals surface area contributed by atoms with Crippen LogP contribution in [0.25, 0.3) is 0 Å². The van der Waals surface area contributed by atoms with Crippen molar-refractivity contribution in [2.24, 2.45) is 5.10 Å². The highest BCUT2D eigenvalue weighted by Crippen LogP contribution is 2.28. The van der Waals surface area contributed by atoms with Crippen LogP contribution in [0.3, 0.4) is 0 Å². The van der Waals surface area contributed by atoms with Crippen molar-refractivity contribution in [3.8, 4) is 11.5 Å². The number of ether oxygens (including phenoxy) is 2. The first kappa shape index (κ1) is 14.0. The molecule has 0 aliphatic rings. The van der Waals surface area contributed by atoms with E-state index in [-0.39, 0.29) is 0 Å². The van der Waals surface area contributed by atoms with Gasteiger partial charge in [-0.3, -0.25) is 0 Å². The van der Waals surface area contributed by atoms with Crippen LogP contribution in [0.15, 0.2) is 36.0 Å². The van der Waals surface area contributed by atoms with Gasteiger partial charge in [-0.05, 0) is 37.1 Å². The summed E-state index contributed by atoms with van der Waals surface area (Å²) in [6.07, 6.45) is 5.73. The maximum absolute atomic E-state index is 5.65. The maximum Gasteiger partial charge on any atom is 0.161 e. The molecule has 1 aromatic heterocycles. The summed E-state index contributed by atoms with van der Waals surface area (Å²) in [5.74, 6) is 1.49. The standard InChI is InChI=1S/C14H18N4O2/c1-3-7-20-13-6-5-12(8-14(13)19-4-2)9-17-18-10-15-16-11-18/h5-6,8-11H,3-4,7H2,1-2H3/b17-9-. The molecule has 106 valence electrons. The molecule has 0 bridgehead atoms. The lowest BCUT2D eigenvalue weighted by molar-refractivity contribution is 0.277. The molecule has 0 aliphatic heterocycles. The first-order valence-electron chi connectivity index (χ1n) is 6.62. The first-order chi connectivity index (χ1) is 9.83. The van der Waals surface area contributed by atoms with E-state index in [0.717, 1.165) is 23.5 Å². The van der Waals surface area contributed by atoms with Crippen molar-refractivity contribution < 1.29 is 9.47 Å². The fraction of sp³-hybridized carbons (Fsp3) is 0.357. The van der Waals surface area contributed by atoms with Crippen molar-refractivity contribution in [1.82, 2.24) is 14.9 Å². The Hall–Kier alpha value is -2.37. The lowest BCUT2D eigenvalue weighted by Crippen LogP contribution is -2.00. The van der Waals surface area contributed by atoms with E-state index in [4.69, 9.17) is 9.47 Å². The fourth-order valence-corrected chi connectivity index (χ4v) is 1.59. The van der Waals surface area contributed by atoms with Gasteiger partial charge in [0.1, 0.15) is 12.7 Å². The number of nitrogens with zero attached hydrogens (tertiary/aromatic N) is 4. The van der Waals surface area contributed by atoms with Gasteiger partial charge in [-0.1, -0.05) is 6.92 Å². The first-order valence-corrected chi connectivity index (χ1v) is 6.62. The lowest BCUT2D eigenvalue weighted by atomic mass is 10.2. The molecule has 6 heteroatoms. The lowest BCUT2D eigenvalue weighted by Gasteiger charge is -2.11. The molecular formula is C14H18N4O2. The Morgan fingerprint density at radius 3 is 2.65 bits per heavy atom. The molecule has 20 heavy (non-hydrogen) atoms. The second-order valence-electron chi connectivity index (χ2n) is 4.07.